The van der Waals surface area contributed by atoms with Crippen LogP contribution in [-0.4, -0.2) is 46.7 Å². The number of halogens is 1. The van der Waals surface area contributed by atoms with E-state index in [1.54, 1.807) is 19.1 Å². The minimum Gasteiger partial charge on any atom is -0.491 e. The number of carbonyl (C=O) groups is 2. The summed E-state index contributed by atoms with van der Waals surface area (Å²) < 4.78 is 6.33. The van der Waals surface area contributed by atoms with Gasteiger partial charge in [-0.05, 0) is 31.5 Å². The fourth-order valence-electron chi connectivity index (χ4n) is 2.17. The molecule has 3 amide bonds. The molecular weight excluding hydrogens is 352 g/mol. The van der Waals surface area contributed by atoms with Gasteiger partial charge in [0.15, 0.2) is 0 Å². The second-order valence-corrected chi connectivity index (χ2v) is 6.37. The van der Waals surface area contributed by atoms with Gasteiger partial charge in [0.25, 0.3) is 5.91 Å². The molecule has 1 heterocycles. The summed E-state index contributed by atoms with van der Waals surface area (Å²) in [7, 11) is 0. The number of amides is 3. The third-order valence-electron chi connectivity index (χ3n) is 3.68. The fraction of sp³-hybridized carbons (Fsp3) is 0.467. The molecule has 2 atom stereocenters. The minimum atomic E-state index is -0.951. The van der Waals surface area contributed by atoms with Crippen LogP contribution in [0.5, 0.6) is 5.75 Å². The first-order chi connectivity index (χ1) is 10.4. The lowest BCUT2D eigenvalue weighted by Gasteiger charge is -2.21. The maximum absolute atomic E-state index is 12.2. The van der Waals surface area contributed by atoms with Gasteiger partial charge in [0.2, 0.25) is 0 Å². The number of benzene rings is 1. The number of aliphatic hydroxyl groups excluding tert-OH is 1. The third-order valence-corrected chi connectivity index (χ3v) is 4.18. The van der Waals surface area contributed by atoms with E-state index in [-0.39, 0.29) is 19.1 Å². The molecule has 22 heavy (non-hydrogen) atoms. The molecule has 0 radical (unpaired) electrons. The van der Waals surface area contributed by atoms with E-state index < -0.39 is 17.7 Å². The van der Waals surface area contributed by atoms with Crippen molar-refractivity contribution in [3.63, 3.8) is 0 Å². The summed E-state index contributed by atoms with van der Waals surface area (Å²) in [5.41, 5.74) is -0.887. The number of imide groups is 1. The van der Waals surface area contributed by atoms with Gasteiger partial charge >= 0.3 is 6.03 Å². The van der Waals surface area contributed by atoms with Crippen LogP contribution in [0.25, 0.3) is 0 Å². The number of nitrogens with one attached hydrogen (secondary N) is 1. The van der Waals surface area contributed by atoms with E-state index in [9.17, 15) is 14.7 Å². The first-order valence-corrected chi connectivity index (χ1v) is 7.85. The van der Waals surface area contributed by atoms with Gasteiger partial charge in [0.05, 0.1) is 6.54 Å². The topological polar surface area (TPSA) is 78.9 Å². The molecular formula is C15H19BrN2O4. The number of hydrogen-bond acceptors (Lipinski definition) is 4. The Labute approximate surface area is 137 Å². The van der Waals surface area contributed by atoms with Crippen LogP contribution < -0.4 is 10.1 Å². The molecule has 0 aromatic heterocycles. The van der Waals surface area contributed by atoms with Crippen molar-refractivity contribution in [2.24, 2.45) is 0 Å². The van der Waals surface area contributed by atoms with Gasteiger partial charge in [-0.3, -0.25) is 9.69 Å². The smallest absolute Gasteiger partial charge is 0.325 e. The summed E-state index contributed by atoms with van der Waals surface area (Å²) >= 11 is 3.33. The van der Waals surface area contributed by atoms with Crippen LogP contribution in [0.15, 0.2) is 28.7 Å². The largest absolute Gasteiger partial charge is 0.491 e. The highest BCUT2D eigenvalue weighted by Gasteiger charge is 2.46. The summed E-state index contributed by atoms with van der Waals surface area (Å²) in [4.78, 5) is 25.1. The molecule has 1 saturated heterocycles. The number of aliphatic hydroxyl groups is 1. The quantitative estimate of drug-likeness (QED) is 0.749. The molecule has 1 fully saturated rings. The lowest BCUT2D eigenvalue weighted by atomic mass is 9.99. The Morgan fingerprint density at radius 2 is 2.18 bits per heavy atom. The summed E-state index contributed by atoms with van der Waals surface area (Å²) in [6.07, 6.45) is -0.452. The average Bonchev–Trinajstić information content (AvgIpc) is 2.69. The van der Waals surface area contributed by atoms with Gasteiger partial charge in [-0.25, -0.2) is 4.79 Å². The molecule has 7 heteroatoms. The van der Waals surface area contributed by atoms with Crippen LogP contribution in [0, 0.1) is 0 Å². The van der Waals surface area contributed by atoms with E-state index in [0.29, 0.717) is 12.2 Å². The van der Waals surface area contributed by atoms with Crippen molar-refractivity contribution in [1.29, 1.82) is 0 Å². The number of urea groups is 1. The van der Waals surface area contributed by atoms with E-state index in [4.69, 9.17) is 4.74 Å². The standard InChI is InChI=1S/C15H19BrN2O4/c1-3-15(2)13(20)18(14(21)17-15)8-11(19)9-22-12-6-4-5-10(16)7-12/h4-7,11,19H,3,8-9H2,1-2H3,(H,17,21)/t11-,15-/m0/s1. The Hall–Kier alpha value is -1.60. The summed E-state index contributed by atoms with van der Waals surface area (Å²) in [5.74, 6) is 0.283. The fourth-order valence-corrected chi connectivity index (χ4v) is 2.54. The molecule has 0 aliphatic carbocycles. The average molecular weight is 371 g/mol. The summed E-state index contributed by atoms with van der Waals surface area (Å²) in [6.45, 7) is 3.41. The molecule has 0 bridgehead atoms. The highest BCUT2D eigenvalue weighted by molar-refractivity contribution is 9.10. The Kier molecular flexibility index (Phi) is 5.08. The number of nitrogens with zero attached hydrogens (tertiary/aromatic N) is 1. The van der Waals surface area contributed by atoms with E-state index in [0.717, 1.165) is 9.37 Å². The second kappa shape index (κ2) is 6.66. The lowest BCUT2D eigenvalue weighted by Crippen LogP contribution is -2.44. The van der Waals surface area contributed by atoms with Crippen molar-refractivity contribution in [3.05, 3.63) is 28.7 Å². The second-order valence-electron chi connectivity index (χ2n) is 5.45. The van der Waals surface area contributed by atoms with Gasteiger partial charge < -0.3 is 15.2 Å². The van der Waals surface area contributed by atoms with Crippen molar-refractivity contribution in [2.75, 3.05) is 13.2 Å². The molecule has 1 aromatic carbocycles. The predicted molar refractivity (Wildman–Crippen MR) is 84.6 cm³/mol. The van der Waals surface area contributed by atoms with Crippen LogP contribution in [0.2, 0.25) is 0 Å². The normalized spacial score (nSPS) is 22.6. The molecule has 1 aliphatic rings. The SMILES string of the molecule is CC[C@]1(C)NC(=O)N(C[C@H](O)COc2cccc(Br)c2)C1=O. The maximum atomic E-state index is 12.2. The lowest BCUT2D eigenvalue weighted by molar-refractivity contribution is -0.132. The van der Waals surface area contributed by atoms with Crippen LogP contribution in [0.1, 0.15) is 20.3 Å². The van der Waals surface area contributed by atoms with Crippen molar-refractivity contribution in [2.45, 2.75) is 31.9 Å². The van der Waals surface area contributed by atoms with Gasteiger partial charge in [-0.15, -0.1) is 0 Å². The summed E-state index contributed by atoms with van der Waals surface area (Å²) in [5, 5.41) is 12.7. The molecule has 0 saturated carbocycles. The molecule has 6 nitrogen and oxygen atoms in total. The summed E-state index contributed by atoms with van der Waals surface area (Å²) in [6, 6.07) is 6.74. The molecule has 2 N–H and O–H groups in total. The maximum Gasteiger partial charge on any atom is 0.325 e. The Morgan fingerprint density at radius 3 is 2.77 bits per heavy atom. The van der Waals surface area contributed by atoms with Gasteiger partial charge in [0, 0.05) is 4.47 Å². The van der Waals surface area contributed by atoms with Crippen LogP contribution in [0.4, 0.5) is 4.79 Å². The zero-order chi connectivity index (χ0) is 16.3. The molecule has 120 valence electrons. The highest BCUT2D eigenvalue weighted by Crippen LogP contribution is 2.21. The number of β-amino-alcohol motifs (C(OH)–C–C–N with tert-alkyl or cyclic N) is 1. The Bertz CT molecular complexity index is 580. The zero-order valence-corrected chi connectivity index (χ0v) is 14.1. The molecule has 1 aromatic rings. The van der Waals surface area contributed by atoms with Crippen molar-refractivity contribution < 1.29 is 19.4 Å². The molecule has 2 rings (SSSR count). The number of carbonyl (C=O) groups excluding carboxylic acids is 2. The van der Waals surface area contributed by atoms with Gasteiger partial charge in [0.1, 0.15) is 24.0 Å². The van der Waals surface area contributed by atoms with E-state index in [2.05, 4.69) is 21.2 Å². The first kappa shape index (κ1) is 16.8. The molecule has 0 spiro atoms. The van der Waals surface area contributed by atoms with Crippen LogP contribution in [0.3, 0.4) is 0 Å². The number of ether oxygens (including phenoxy) is 1. The highest BCUT2D eigenvalue weighted by atomic mass is 79.9. The van der Waals surface area contributed by atoms with E-state index in [1.165, 1.54) is 0 Å². The number of rotatable bonds is 6. The predicted octanol–water partition coefficient (Wildman–Crippen LogP) is 1.91. The molecule has 0 unspecified atom stereocenters. The third kappa shape index (κ3) is 3.59. The Morgan fingerprint density at radius 1 is 1.45 bits per heavy atom. The van der Waals surface area contributed by atoms with Gasteiger partial charge in [-0.1, -0.05) is 28.9 Å². The van der Waals surface area contributed by atoms with Crippen molar-refractivity contribution in [3.8, 4) is 5.75 Å². The molecule has 1 aliphatic heterocycles. The van der Waals surface area contributed by atoms with E-state index in [1.807, 2.05) is 19.1 Å². The Balaban J connectivity index is 1.91. The number of hydrogen-bond donors (Lipinski definition) is 2. The monoisotopic (exact) mass is 370 g/mol. The van der Waals surface area contributed by atoms with Gasteiger partial charge in [-0.2, -0.15) is 0 Å². The van der Waals surface area contributed by atoms with E-state index >= 15 is 0 Å². The van der Waals surface area contributed by atoms with Crippen molar-refractivity contribution in [1.82, 2.24) is 10.2 Å². The zero-order valence-electron chi connectivity index (χ0n) is 12.5. The van der Waals surface area contributed by atoms with Crippen molar-refractivity contribution >= 4 is 27.9 Å². The van der Waals surface area contributed by atoms with Crippen LogP contribution >= 0.6 is 15.9 Å². The minimum absolute atomic E-state index is 0.00362. The van der Waals surface area contributed by atoms with Crippen LogP contribution in [-0.2, 0) is 4.79 Å². The first-order valence-electron chi connectivity index (χ1n) is 7.06.